The molecule has 2 aliphatic carbocycles. The van der Waals surface area contributed by atoms with Crippen molar-refractivity contribution >= 4 is 17.7 Å². The van der Waals surface area contributed by atoms with Gasteiger partial charge in [-0.3, -0.25) is 10.1 Å². The van der Waals surface area contributed by atoms with Gasteiger partial charge < -0.3 is 14.4 Å². The minimum Gasteiger partial charge on any atom is -0.481 e. The number of aryl methyl sites for hydroxylation is 4. The van der Waals surface area contributed by atoms with E-state index in [9.17, 15) is 14.7 Å². The number of amides is 1. The van der Waals surface area contributed by atoms with Crippen LogP contribution in [0.4, 0.5) is 10.5 Å². The molecule has 0 atom stereocenters. The average molecular weight is 509 g/mol. The van der Waals surface area contributed by atoms with E-state index in [1.54, 1.807) is 6.92 Å². The molecular formula is C31H28N2O5. The van der Waals surface area contributed by atoms with Crippen LogP contribution < -0.4 is 5.32 Å². The Morgan fingerprint density at radius 3 is 2.42 bits per heavy atom. The monoisotopic (exact) mass is 508 g/mol. The molecule has 1 fully saturated rings. The van der Waals surface area contributed by atoms with E-state index in [0.29, 0.717) is 30.0 Å². The van der Waals surface area contributed by atoms with Crippen LogP contribution in [0.3, 0.4) is 0 Å². The van der Waals surface area contributed by atoms with E-state index in [4.69, 9.17) is 9.26 Å². The number of carboxylic acid groups (broad SMARTS) is 1. The van der Waals surface area contributed by atoms with E-state index in [-0.39, 0.29) is 6.61 Å². The minimum absolute atomic E-state index is 0.172. The molecule has 2 N–H and O–H groups in total. The highest BCUT2D eigenvalue weighted by Gasteiger charge is 2.51. The van der Waals surface area contributed by atoms with Gasteiger partial charge in [-0.25, -0.2) is 4.79 Å². The summed E-state index contributed by atoms with van der Waals surface area (Å²) in [5, 5.41) is 16.6. The molecule has 0 aliphatic heterocycles. The maximum atomic E-state index is 12.6. The topological polar surface area (TPSA) is 102 Å². The lowest BCUT2D eigenvalue weighted by Crippen LogP contribution is -2.20. The van der Waals surface area contributed by atoms with E-state index in [1.165, 1.54) is 11.1 Å². The van der Waals surface area contributed by atoms with Crippen LogP contribution in [-0.2, 0) is 34.4 Å². The maximum Gasteiger partial charge on any atom is 0.412 e. The summed E-state index contributed by atoms with van der Waals surface area (Å²) in [5.41, 5.74) is 8.71. The molecule has 192 valence electrons. The number of hydrogen-bond donors (Lipinski definition) is 2. The van der Waals surface area contributed by atoms with Crippen molar-refractivity contribution in [2.45, 2.75) is 51.6 Å². The van der Waals surface area contributed by atoms with Crippen LogP contribution in [0.25, 0.3) is 22.5 Å². The molecule has 0 bridgehead atoms. The Kier molecular flexibility index (Phi) is 5.79. The summed E-state index contributed by atoms with van der Waals surface area (Å²) in [6.45, 7) is 3.93. The molecule has 7 nitrogen and oxygen atoms in total. The first kappa shape index (κ1) is 24.0. The van der Waals surface area contributed by atoms with Crippen molar-refractivity contribution in [1.29, 1.82) is 0 Å². The fourth-order valence-electron chi connectivity index (χ4n) is 5.35. The van der Waals surface area contributed by atoms with E-state index in [2.05, 4.69) is 34.7 Å². The van der Waals surface area contributed by atoms with Crippen molar-refractivity contribution in [3.05, 3.63) is 94.2 Å². The fourth-order valence-corrected chi connectivity index (χ4v) is 5.35. The van der Waals surface area contributed by atoms with Crippen molar-refractivity contribution in [2.75, 3.05) is 5.32 Å². The molecular weight excluding hydrogens is 480 g/mol. The first-order valence-electron chi connectivity index (χ1n) is 12.8. The molecule has 1 aromatic heterocycles. The molecule has 2 aliphatic rings. The summed E-state index contributed by atoms with van der Waals surface area (Å²) in [6, 6.07) is 20.0. The molecule has 0 spiro atoms. The molecule has 3 aromatic carbocycles. The minimum atomic E-state index is -0.732. The van der Waals surface area contributed by atoms with Crippen molar-refractivity contribution in [3.8, 4) is 22.5 Å². The number of rotatable bonds is 6. The maximum absolute atomic E-state index is 12.6. The second-order valence-electron chi connectivity index (χ2n) is 10.2. The Morgan fingerprint density at radius 1 is 1.00 bits per heavy atom. The lowest BCUT2D eigenvalue weighted by atomic mass is 9.82. The number of aliphatic carboxylic acids is 1. The molecule has 38 heavy (non-hydrogen) atoms. The highest BCUT2D eigenvalue weighted by atomic mass is 16.5. The number of ether oxygens (including phenoxy) is 1. The van der Waals surface area contributed by atoms with Gasteiger partial charge in [0.1, 0.15) is 18.0 Å². The molecule has 7 heteroatoms. The highest BCUT2D eigenvalue weighted by molar-refractivity contribution is 5.91. The Morgan fingerprint density at radius 2 is 1.71 bits per heavy atom. The Hall–Kier alpha value is -4.39. The fraction of sp³-hybridized carbons (Fsp3) is 0.258. The van der Waals surface area contributed by atoms with Gasteiger partial charge in [-0.2, -0.15) is 0 Å². The van der Waals surface area contributed by atoms with Crippen LogP contribution in [0.1, 0.15) is 46.4 Å². The van der Waals surface area contributed by atoms with Gasteiger partial charge in [-0.05, 0) is 84.5 Å². The van der Waals surface area contributed by atoms with Gasteiger partial charge in [0.05, 0.1) is 5.41 Å². The van der Waals surface area contributed by atoms with Crippen molar-refractivity contribution < 1.29 is 24.0 Å². The number of carbonyl (C=O) groups excluding carboxylic acids is 1. The molecule has 0 saturated heterocycles. The van der Waals surface area contributed by atoms with E-state index in [1.807, 2.05) is 43.3 Å². The summed E-state index contributed by atoms with van der Waals surface area (Å²) < 4.78 is 11.1. The number of hydrogen-bond acceptors (Lipinski definition) is 5. The first-order valence-corrected chi connectivity index (χ1v) is 12.8. The molecule has 1 heterocycles. The lowest BCUT2D eigenvalue weighted by molar-refractivity contribution is -0.140. The third kappa shape index (κ3) is 4.14. The van der Waals surface area contributed by atoms with Gasteiger partial charge in [0, 0.05) is 5.56 Å². The normalized spacial score (nSPS) is 14.8. The average Bonchev–Trinajstić information content (AvgIpc) is 3.67. The SMILES string of the molecule is Cc1ccccc1COC(=O)Nc1c(C)noc1-c1ccc2c(c1)CCc1cc(C3(C(=O)O)CC3)ccc1-2. The van der Waals surface area contributed by atoms with Crippen LogP contribution in [-0.4, -0.2) is 22.3 Å². The summed E-state index contributed by atoms with van der Waals surface area (Å²) in [5.74, 6) is -0.249. The van der Waals surface area contributed by atoms with Gasteiger partial charge >= 0.3 is 12.1 Å². The van der Waals surface area contributed by atoms with Crippen molar-refractivity contribution in [2.24, 2.45) is 0 Å². The second-order valence-corrected chi connectivity index (χ2v) is 10.2. The summed E-state index contributed by atoms with van der Waals surface area (Å²) in [4.78, 5) is 24.4. The zero-order valence-electron chi connectivity index (χ0n) is 21.3. The molecule has 6 rings (SSSR count). The van der Waals surface area contributed by atoms with Crippen LogP contribution >= 0.6 is 0 Å². The van der Waals surface area contributed by atoms with Crippen LogP contribution in [0.5, 0.6) is 0 Å². The highest BCUT2D eigenvalue weighted by Crippen LogP contribution is 2.50. The summed E-state index contributed by atoms with van der Waals surface area (Å²) >= 11 is 0. The summed E-state index contributed by atoms with van der Waals surface area (Å²) in [6.07, 6.45) is 2.49. The van der Waals surface area contributed by atoms with Crippen LogP contribution in [0, 0.1) is 13.8 Å². The largest absolute Gasteiger partial charge is 0.481 e. The molecule has 0 radical (unpaired) electrons. The molecule has 0 unspecified atom stereocenters. The van der Waals surface area contributed by atoms with Gasteiger partial charge in [0.15, 0.2) is 5.76 Å². The van der Waals surface area contributed by atoms with E-state index < -0.39 is 17.5 Å². The third-order valence-corrected chi connectivity index (χ3v) is 7.85. The zero-order valence-corrected chi connectivity index (χ0v) is 21.3. The lowest BCUT2D eigenvalue weighted by Gasteiger charge is -2.22. The van der Waals surface area contributed by atoms with Gasteiger partial charge in [0.2, 0.25) is 0 Å². The zero-order chi connectivity index (χ0) is 26.4. The predicted molar refractivity (Wildman–Crippen MR) is 143 cm³/mol. The smallest absolute Gasteiger partial charge is 0.412 e. The number of aromatic nitrogens is 1. The number of fused-ring (bicyclic) bond motifs is 3. The molecule has 4 aromatic rings. The van der Waals surface area contributed by atoms with Crippen LogP contribution in [0.15, 0.2) is 65.2 Å². The predicted octanol–water partition coefficient (Wildman–Crippen LogP) is 6.59. The third-order valence-electron chi connectivity index (χ3n) is 7.85. The van der Waals surface area contributed by atoms with E-state index >= 15 is 0 Å². The number of nitrogens with zero attached hydrogens (tertiary/aromatic N) is 1. The number of nitrogens with one attached hydrogen (secondary N) is 1. The number of anilines is 1. The quantitative estimate of drug-likeness (QED) is 0.305. The van der Waals surface area contributed by atoms with Crippen molar-refractivity contribution in [1.82, 2.24) is 5.16 Å². The molecule has 1 amide bonds. The summed E-state index contributed by atoms with van der Waals surface area (Å²) in [7, 11) is 0. The standard InChI is InChI=1S/C31H28N2O5/c1-18-5-3-4-6-23(18)17-37-30(36)32-27-19(2)33-38-28(27)22-9-11-25-20(15-22)7-8-21-16-24(10-12-26(21)25)31(13-14-31)29(34)35/h3-6,9-12,15-16H,7-8,13-14,17H2,1-2H3,(H,32,36)(H,34,35). The Bertz CT molecular complexity index is 1580. The van der Waals surface area contributed by atoms with Crippen molar-refractivity contribution in [3.63, 3.8) is 0 Å². The molecule has 1 saturated carbocycles. The van der Waals surface area contributed by atoms with Gasteiger partial charge in [-0.15, -0.1) is 0 Å². The van der Waals surface area contributed by atoms with Gasteiger partial charge in [0.25, 0.3) is 0 Å². The number of benzene rings is 3. The number of carboxylic acids is 1. The second kappa shape index (κ2) is 9.17. The van der Waals surface area contributed by atoms with E-state index in [0.717, 1.165) is 46.2 Å². The number of carbonyl (C=O) groups is 2. The van der Waals surface area contributed by atoms with Crippen LogP contribution in [0.2, 0.25) is 0 Å². The Balaban J connectivity index is 1.23. The Labute approximate surface area is 220 Å². The van der Waals surface area contributed by atoms with Gasteiger partial charge in [-0.1, -0.05) is 59.8 Å². The first-order chi connectivity index (χ1) is 18.4.